The van der Waals surface area contributed by atoms with Crippen LogP contribution in [0.25, 0.3) is 11.3 Å². The molecular weight excluding hydrogens is 264 g/mol. The number of halogens is 1. The lowest BCUT2D eigenvalue weighted by atomic mass is 9.99. The molecule has 0 saturated heterocycles. The molecule has 0 unspecified atom stereocenters. The zero-order chi connectivity index (χ0) is 12.4. The number of hydrogen-bond acceptors (Lipinski definition) is 3. The van der Waals surface area contributed by atoms with Crippen LogP contribution >= 0.6 is 23.7 Å². The summed E-state index contributed by atoms with van der Waals surface area (Å²) < 4.78 is 0. The molecule has 1 aromatic carbocycles. The minimum atomic E-state index is 0. The van der Waals surface area contributed by atoms with E-state index >= 15 is 0 Å². The first-order chi connectivity index (χ1) is 8.11. The van der Waals surface area contributed by atoms with Gasteiger partial charge in [-0.25, -0.2) is 4.98 Å². The smallest absolute Gasteiger partial charge is 0.107 e. The highest BCUT2D eigenvalue weighted by Gasteiger charge is 2.08. The zero-order valence-corrected chi connectivity index (χ0v) is 12.8. The van der Waals surface area contributed by atoms with Crippen LogP contribution in [0, 0.1) is 20.8 Å². The van der Waals surface area contributed by atoms with E-state index in [9.17, 15) is 0 Å². The first kappa shape index (κ1) is 15.2. The fourth-order valence-corrected chi connectivity index (χ4v) is 2.71. The molecule has 18 heavy (non-hydrogen) atoms. The number of hydrogen-bond donors (Lipinski definition) is 1. The van der Waals surface area contributed by atoms with Crippen molar-refractivity contribution in [2.75, 3.05) is 7.05 Å². The average molecular weight is 283 g/mol. The van der Waals surface area contributed by atoms with Crippen LogP contribution in [0.2, 0.25) is 0 Å². The number of nitrogens with zero attached hydrogens (tertiary/aromatic N) is 1. The lowest BCUT2D eigenvalue weighted by Gasteiger charge is -2.07. The van der Waals surface area contributed by atoms with Crippen LogP contribution in [0.15, 0.2) is 17.5 Å². The van der Waals surface area contributed by atoms with Crippen LogP contribution in [0.3, 0.4) is 0 Å². The van der Waals surface area contributed by atoms with Crippen LogP contribution in [-0.2, 0) is 6.54 Å². The van der Waals surface area contributed by atoms with Crippen LogP contribution < -0.4 is 5.32 Å². The van der Waals surface area contributed by atoms with Gasteiger partial charge < -0.3 is 5.32 Å². The van der Waals surface area contributed by atoms with Gasteiger partial charge in [0.1, 0.15) is 5.01 Å². The Morgan fingerprint density at radius 1 is 1.11 bits per heavy atom. The maximum atomic E-state index is 4.66. The van der Waals surface area contributed by atoms with Crippen molar-refractivity contribution in [2.24, 2.45) is 0 Å². The summed E-state index contributed by atoms with van der Waals surface area (Å²) in [5.41, 5.74) is 6.33. The van der Waals surface area contributed by atoms with Gasteiger partial charge in [0.15, 0.2) is 0 Å². The normalized spacial score (nSPS) is 10.2. The number of aryl methyl sites for hydroxylation is 3. The Kier molecular flexibility index (Phi) is 5.32. The largest absolute Gasteiger partial charge is 0.314 e. The molecular formula is C14H19ClN2S. The second-order valence-corrected chi connectivity index (χ2v) is 5.35. The van der Waals surface area contributed by atoms with Gasteiger partial charge >= 0.3 is 0 Å². The summed E-state index contributed by atoms with van der Waals surface area (Å²) >= 11 is 1.71. The topological polar surface area (TPSA) is 24.9 Å². The quantitative estimate of drug-likeness (QED) is 0.924. The molecule has 0 amide bonds. The van der Waals surface area contributed by atoms with Crippen molar-refractivity contribution in [1.29, 1.82) is 0 Å². The maximum absolute atomic E-state index is 4.66. The van der Waals surface area contributed by atoms with Crippen LogP contribution in [-0.4, -0.2) is 12.0 Å². The molecule has 0 aliphatic carbocycles. The summed E-state index contributed by atoms with van der Waals surface area (Å²) in [5, 5.41) is 6.41. The van der Waals surface area contributed by atoms with Crippen molar-refractivity contribution in [1.82, 2.24) is 10.3 Å². The molecule has 4 heteroatoms. The molecule has 2 aromatic rings. The van der Waals surface area contributed by atoms with E-state index in [0.29, 0.717) is 0 Å². The van der Waals surface area contributed by atoms with E-state index in [1.807, 2.05) is 7.05 Å². The molecule has 0 aliphatic heterocycles. The molecule has 1 N–H and O–H groups in total. The summed E-state index contributed by atoms with van der Waals surface area (Å²) in [6, 6.07) is 4.48. The molecule has 0 spiro atoms. The molecule has 0 bridgehead atoms. The van der Waals surface area contributed by atoms with Gasteiger partial charge in [0.05, 0.1) is 5.69 Å². The van der Waals surface area contributed by atoms with Gasteiger partial charge in [0, 0.05) is 17.5 Å². The molecule has 98 valence electrons. The molecule has 0 saturated carbocycles. The van der Waals surface area contributed by atoms with Crippen molar-refractivity contribution in [3.8, 4) is 11.3 Å². The molecule has 0 atom stereocenters. The predicted molar refractivity (Wildman–Crippen MR) is 81.8 cm³/mol. The van der Waals surface area contributed by atoms with Gasteiger partial charge in [0.2, 0.25) is 0 Å². The van der Waals surface area contributed by atoms with E-state index in [1.54, 1.807) is 11.3 Å². The minimum Gasteiger partial charge on any atom is -0.314 e. The molecule has 0 aliphatic rings. The number of benzene rings is 1. The van der Waals surface area contributed by atoms with Gasteiger partial charge in [0.25, 0.3) is 0 Å². The van der Waals surface area contributed by atoms with E-state index in [-0.39, 0.29) is 12.4 Å². The fourth-order valence-electron chi connectivity index (χ4n) is 1.90. The zero-order valence-electron chi connectivity index (χ0n) is 11.2. The summed E-state index contributed by atoms with van der Waals surface area (Å²) in [6.45, 7) is 7.30. The molecule has 0 radical (unpaired) electrons. The summed E-state index contributed by atoms with van der Waals surface area (Å²) in [4.78, 5) is 4.66. The van der Waals surface area contributed by atoms with Crippen molar-refractivity contribution < 1.29 is 0 Å². The Morgan fingerprint density at radius 3 is 2.44 bits per heavy atom. The van der Waals surface area contributed by atoms with E-state index < -0.39 is 0 Å². The van der Waals surface area contributed by atoms with Crippen LogP contribution in [0.5, 0.6) is 0 Å². The van der Waals surface area contributed by atoms with Crippen molar-refractivity contribution in [3.05, 3.63) is 39.2 Å². The number of aromatic nitrogens is 1. The van der Waals surface area contributed by atoms with Crippen LogP contribution in [0.1, 0.15) is 21.7 Å². The third-order valence-corrected chi connectivity index (χ3v) is 3.85. The van der Waals surface area contributed by atoms with Gasteiger partial charge in [-0.15, -0.1) is 23.7 Å². The standard InChI is InChI=1S/C14H18N2S.ClH/c1-9-5-11(3)12(6-10(9)2)13-8-17-14(16-13)7-15-4;/h5-6,8,15H,7H2,1-4H3;1H. The second-order valence-electron chi connectivity index (χ2n) is 4.41. The van der Waals surface area contributed by atoms with Crippen molar-refractivity contribution in [2.45, 2.75) is 27.3 Å². The number of rotatable bonds is 3. The monoisotopic (exact) mass is 282 g/mol. The van der Waals surface area contributed by atoms with E-state index in [1.165, 1.54) is 22.3 Å². The van der Waals surface area contributed by atoms with E-state index in [2.05, 4.69) is 48.6 Å². The lowest BCUT2D eigenvalue weighted by molar-refractivity contribution is 0.810. The SMILES string of the molecule is CNCc1nc(-c2cc(C)c(C)cc2C)cs1.Cl. The van der Waals surface area contributed by atoms with E-state index in [0.717, 1.165) is 17.2 Å². The summed E-state index contributed by atoms with van der Waals surface area (Å²) in [6.07, 6.45) is 0. The van der Waals surface area contributed by atoms with Crippen LogP contribution in [0.4, 0.5) is 0 Å². The third-order valence-electron chi connectivity index (χ3n) is 3.00. The maximum Gasteiger partial charge on any atom is 0.107 e. The Morgan fingerprint density at radius 2 is 1.78 bits per heavy atom. The predicted octanol–water partition coefficient (Wildman–Crippen LogP) is 3.88. The molecule has 1 aromatic heterocycles. The first-order valence-corrected chi connectivity index (χ1v) is 6.67. The van der Waals surface area contributed by atoms with Crippen molar-refractivity contribution in [3.63, 3.8) is 0 Å². The summed E-state index contributed by atoms with van der Waals surface area (Å²) in [7, 11) is 1.95. The number of nitrogens with one attached hydrogen (secondary N) is 1. The molecule has 1 heterocycles. The fraction of sp³-hybridized carbons (Fsp3) is 0.357. The van der Waals surface area contributed by atoms with Gasteiger partial charge in [-0.2, -0.15) is 0 Å². The average Bonchev–Trinajstić information content (AvgIpc) is 2.72. The second kappa shape index (κ2) is 6.32. The Hall–Kier alpha value is -0.900. The van der Waals surface area contributed by atoms with E-state index in [4.69, 9.17) is 0 Å². The Balaban J connectivity index is 0.00000162. The highest BCUT2D eigenvalue weighted by atomic mass is 35.5. The van der Waals surface area contributed by atoms with Crippen molar-refractivity contribution >= 4 is 23.7 Å². The lowest BCUT2D eigenvalue weighted by Crippen LogP contribution is -2.04. The molecule has 0 fully saturated rings. The third kappa shape index (κ3) is 3.10. The Labute approximate surface area is 119 Å². The Bertz CT molecular complexity index is 535. The van der Waals surface area contributed by atoms with Gasteiger partial charge in [-0.05, 0) is 50.6 Å². The molecule has 2 rings (SSSR count). The highest BCUT2D eigenvalue weighted by Crippen LogP contribution is 2.27. The van der Waals surface area contributed by atoms with Gasteiger partial charge in [-0.3, -0.25) is 0 Å². The molecule has 2 nitrogen and oxygen atoms in total. The number of thiazole rings is 1. The minimum absolute atomic E-state index is 0. The van der Waals surface area contributed by atoms with Gasteiger partial charge in [-0.1, -0.05) is 6.07 Å². The highest BCUT2D eigenvalue weighted by molar-refractivity contribution is 7.09. The summed E-state index contributed by atoms with van der Waals surface area (Å²) in [5.74, 6) is 0. The first-order valence-electron chi connectivity index (χ1n) is 5.79.